The van der Waals surface area contributed by atoms with E-state index in [0.29, 0.717) is 190 Å². The van der Waals surface area contributed by atoms with Gasteiger partial charge in [-0.15, -0.1) is 0 Å². The van der Waals surface area contributed by atoms with E-state index in [1.807, 2.05) is 20.8 Å². The second kappa shape index (κ2) is 44.8. The summed E-state index contributed by atoms with van der Waals surface area (Å²) in [5.74, 6) is -1.35. The van der Waals surface area contributed by atoms with Crippen molar-refractivity contribution >= 4 is 36.0 Å². The normalized spacial score (nSPS) is 11.7. The first-order valence-corrected chi connectivity index (χ1v) is 27.7. The SMILES string of the molecule is CC(C)(C)OC(=O)NCCCCOCCOCCOCCCNC(=O)c1cc(C(=O)NCCCOCCOCCOCCCNC(=O)OC(C)(C)C)cc(C(=O)NCCCOCCOCCOCCCNC(=O)OC(C)(C)C)c1. The highest BCUT2D eigenvalue weighted by Gasteiger charge is 2.19. The fourth-order valence-corrected chi connectivity index (χ4v) is 6.27. The molecule has 0 radical (unpaired) electrons. The first-order chi connectivity index (χ1) is 37.6. The van der Waals surface area contributed by atoms with Gasteiger partial charge in [-0.2, -0.15) is 0 Å². The third-order valence-corrected chi connectivity index (χ3v) is 9.86. The van der Waals surface area contributed by atoms with Gasteiger partial charge in [0.1, 0.15) is 16.8 Å². The number of ether oxygens (including phenoxy) is 12. The Balaban J connectivity index is 2.44. The van der Waals surface area contributed by atoms with Gasteiger partial charge in [0.15, 0.2) is 0 Å². The molecule has 79 heavy (non-hydrogen) atoms. The summed E-state index contributed by atoms with van der Waals surface area (Å²) in [6.45, 7) is 25.9. The van der Waals surface area contributed by atoms with Crippen molar-refractivity contribution in [3.8, 4) is 0 Å². The van der Waals surface area contributed by atoms with Crippen molar-refractivity contribution in [2.24, 2.45) is 0 Å². The van der Waals surface area contributed by atoms with Gasteiger partial charge in [0.2, 0.25) is 0 Å². The van der Waals surface area contributed by atoms with E-state index >= 15 is 0 Å². The summed E-state index contributed by atoms with van der Waals surface area (Å²) >= 11 is 0. The van der Waals surface area contributed by atoms with E-state index in [4.69, 9.17) is 56.8 Å². The van der Waals surface area contributed by atoms with Crippen LogP contribution in [0.3, 0.4) is 0 Å². The molecule has 0 heterocycles. The number of hydrogen-bond acceptors (Lipinski definition) is 18. The molecule has 0 aromatic heterocycles. The minimum absolute atomic E-state index is 0.152. The molecule has 6 N–H and O–H groups in total. The number of carbonyl (C=O) groups excluding carboxylic acids is 6. The standard InChI is InChI=1S/C55H98N6O18/c1-53(2,3)77-50(65)59-17-10-11-23-68-29-35-74-36-30-69-24-12-18-56-47(62)44-41-45(48(63)57-19-13-25-70-31-37-75-39-33-72-27-15-21-60-51(66)78-54(4,5)6)43-46(42-44)49(64)58-20-14-26-71-32-38-76-40-34-73-28-16-22-61-52(67)79-55(7,8)9/h41-43H,10-40H2,1-9H3,(H,56,62)(H,57,63)(H,58,64)(H,59,65)(H,60,66)(H,61,67). The number of carbonyl (C=O) groups is 6. The highest BCUT2D eigenvalue weighted by Crippen LogP contribution is 2.13. The van der Waals surface area contributed by atoms with Crippen LogP contribution < -0.4 is 31.9 Å². The van der Waals surface area contributed by atoms with Crippen LogP contribution in [0.15, 0.2) is 18.2 Å². The summed E-state index contributed by atoms with van der Waals surface area (Å²) in [6, 6.07) is 4.36. The van der Waals surface area contributed by atoms with E-state index in [9.17, 15) is 28.8 Å². The van der Waals surface area contributed by atoms with Gasteiger partial charge in [-0.3, -0.25) is 14.4 Å². The number of unbranched alkanes of at least 4 members (excludes halogenated alkanes) is 1. The molecule has 0 atom stereocenters. The second-order valence-corrected chi connectivity index (χ2v) is 20.8. The minimum Gasteiger partial charge on any atom is -0.444 e. The molecular formula is C55H98N6O18. The summed E-state index contributed by atoms with van der Waals surface area (Å²) in [6.07, 6.45) is 3.06. The lowest BCUT2D eigenvalue weighted by Crippen LogP contribution is -2.33. The van der Waals surface area contributed by atoms with Crippen LogP contribution in [0.5, 0.6) is 0 Å². The maximum absolute atomic E-state index is 13.3. The van der Waals surface area contributed by atoms with Crippen molar-refractivity contribution < 1.29 is 85.6 Å². The summed E-state index contributed by atoms with van der Waals surface area (Å²) in [4.78, 5) is 75.1. The lowest BCUT2D eigenvalue weighted by molar-refractivity contribution is 0.0135. The minimum atomic E-state index is -0.545. The number of rotatable bonds is 46. The Morgan fingerprint density at radius 1 is 0.278 bits per heavy atom. The Kier molecular flexibility index (Phi) is 40.9. The zero-order valence-corrected chi connectivity index (χ0v) is 49.0. The van der Waals surface area contributed by atoms with Crippen molar-refractivity contribution in [3.05, 3.63) is 34.9 Å². The number of amides is 6. The van der Waals surface area contributed by atoms with Crippen LogP contribution in [-0.4, -0.2) is 211 Å². The first kappa shape index (κ1) is 72.1. The summed E-state index contributed by atoms with van der Waals surface area (Å²) < 4.78 is 65.8. The Hall–Kier alpha value is -4.92. The molecule has 1 rings (SSSR count). The molecule has 6 amide bonds. The van der Waals surface area contributed by atoms with E-state index in [1.165, 1.54) is 18.2 Å². The van der Waals surface area contributed by atoms with E-state index in [0.717, 1.165) is 12.8 Å². The highest BCUT2D eigenvalue weighted by molar-refractivity contribution is 6.04. The van der Waals surface area contributed by atoms with Gasteiger partial charge in [-0.1, -0.05) is 0 Å². The summed E-state index contributed by atoms with van der Waals surface area (Å²) in [5.41, 5.74) is -1.16. The van der Waals surface area contributed by atoms with Crippen molar-refractivity contribution in [2.75, 3.05) is 158 Å². The molecule has 0 aliphatic heterocycles. The Labute approximate surface area is 469 Å². The Morgan fingerprint density at radius 2 is 0.468 bits per heavy atom. The maximum Gasteiger partial charge on any atom is 0.407 e. The second-order valence-electron chi connectivity index (χ2n) is 20.8. The monoisotopic (exact) mass is 1130 g/mol. The number of hydrogen-bond donors (Lipinski definition) is 6. The average molecular weight is 1130 g/mol. The van der Waals surface area contributed by atoms with Gasteiger partial charge >= 0.3 is 18.3 Å². The molecule has 0 bridgehead atoms. The van der Waals surface area contributed by atoms with Crippen LogP contribution in [0, 0.1) is 0 Å². The molecule has 0 unspecified atom stereocenters. The van der Waals surface area contributed by atoms with Gasteiger partial charge in [-0.25, -0.2) is 14.4 Å². The fourth-order valence-electron chi connectivity index (χ4n) is 6.27. The topological polar surface area (TPSA) is 285 Å². The molecule has 0 aliphatic rings. The van der Waals surface area contributed by atoms with E-state index < -0.39 is 52.8 Å². The predicted octanol–water partition coefficient (Wildman–Crippen LogP) is 5.33. The van der Waals surface area contributed by atoms with Crippen LogP contribution in [0.1, 0.15) is 138 Å². The number of benzene rings is 1. The van der Waals surface area contributed by atoms with Gasteiger partial charge in [0, 0.05) is 95.6 Å². The fraction of sp³-hybridized carbons (Fsp3) is 0.782. The van der Waals surface area contributed by atoms with Crippen LogP contribution in [0.4, 0.5) is 14.4 Å². The van der Waals surface area contributed by atoms with Gasteiger partial charge in [0.25, 0.3) is 17.7 Å². The molecule has 0 spiro atoms. The van der Waals surface area contributed by atoms with Crippen molar-refractivity contribution in [3.63, 3.8) is 0 Å². The predicted molar refractivity (Wildman–Crippen MR) is 296 cm³/mol. The quantitative estimate of drug-likeness (QED) is 0.0355. The van der Waals surface area contributed by atoms with Crippen LogP contribution in [0.25, 0.3) is 0 Å². The molecule has 0 saturated carbocycles. The van der Waals surface area contributed by atoms with Crippen LogP contribution >= 0.6 is 0 Å². The van der Waals surface area contributed by atoms with Crippen LogP contribution in [-0.2, 0) is 56.8 Å². The molecule has 0 fully saturated rings. The summed E-state index contributed by atoms with van der Waals surface area (Å²) in [5, 5.41) is 16.6. The molecule has 456 valence electrons. The van der Waals surface area contributed by atoms with Crippen molar-refractivity contribution in [1.29, 1.82) is 0 Å². The molecule has 1 aromatic rings. The Morgan fingerprint density at radius 3 is 0.696 bits per heavy atom. The zero-order valence-electron chi connectivity index (χ0n) is 49.0. The molecule has 24 heteroatoms. The van der Waals surface area contributed by atoms with Crippen LogP contribution in [0.2, 0.25) is 0 Å². The van der Waals surface area contributed by atoms with Gasteiger partial charge < -0.3 is 88.7 Å². The molecule has 24 nitrogen and oxygen atoms in total. The lowest BCUT2D eigenvalue weighted by atomic mass is 10.0. The molecule has 1 aromatic carbocycles. The van der Waals surface area contributed by atoms with Crippen molar-refractivity contribution in [1.82, 2.24) is 31.9 Å². The van der Waals surface area contributed by atoms with E-state index in [2.05, 4.69) is 31.9 Å². The lowest BCUT2D eigenvalue weighted by Gasteiger charge is -2.19. The molecule has 0 aliphatic carbocycles. The van der Waals surface area contributed by atoms with Crippen molar-refractivity contribution in [2.45, 2.75) is 124 Å². The molecule has 0 saturated heterocycles. The highest BCUT2D eigenvalue weighted by atomic mass is 16.6. The largest absolute Gasteiger partial charge is 0.444 e. The number of nitrogens with one attached hydrogen (secondary N) is 6. The zero-order chi connectivity index (χ0) is 58.5. The smallest absolute Gasteiger partial charge is 0.407 e. The Bertz CT molecular complexity index is 1720. The number of alkyl carbamates (subject to hydrolysis) is 3. The average Bonchev–Trinajstić information content (AvgIpc) is 3.36. The third kappa shape index (κ3) is 46.5. The van der Waals surface area contributed by atoms with Gasteiger partial charge in [0.05, 0.1) is 79.3 Å². The maximum atomic E-state index is 13.3. The van der Waals surface area contributed by atoms with E-state index in [-0.39, 0.29) is 16.7 Å². The third-order valence-electron chi connectivity index (χ3n) is 9.86. The first-order valence-electron chi connectivity index (χ1n) is 27.7. The van der Waals surface area contributed by atoms with Gasteiger partial charge in [-0.05, 0) is 125 Å². The molecular weight excluding hydrogens is 1030 g/mol. The van der Waals surface area contributed by atoms with E-state index in [1.54, 1.807) is 41.5 Å². The summed E-state index contributed by atoms with van der Waals surface area (Å²) in [7, 11) is 0.